The second-order valence-electron chi connectivity index (χ2n) is 4.09. The van der Waals surface area contributed by atoms with Gasteiger partial charge in [-0.05, 0) is 41.8 Å². The maximum atomic E-state index is 11.8. The standard InChI is InChI=1S/C12H10BrNOS2/c1-6-7(13)5-10(16-6)12-14-8-3-2-4-9(15)11(8)17-12/h5H,2-4H2,1H3. The van der Waals surface area contributed by atoms with Crippen LogP contribution < -0.4 is 0 Å². The van der Waals surface area contributed by atoms with Crippen LogP contribution in [0.4, 0.5) is 0 Å². The Morgan fingerprint density at radius 1 is 1.35 bits per heavy atom. The van der Waals surface area contributed by atoms with Gasteiger partial charge in [-0.2, -0.15) is 0 Å². The quantitative estimate of drug-likeness (QED) is 0.773. The van der Waals surface area contributed by atoms with Crippen LogP contribution in [0, 0.1) is 6.92 Å². The number of aryl methyl sites for hydroxylation is 2. The van der Waals surface area contributed by atoms with E-state index in [0.29, 0.717) is 6.42 Å². The summed E-state index contributed by atoms with van der Waals surface area (Å²) in [5, 5.41) is 0.990. The Labute approximate surface area is 116 Å². The number of aromatic nitrogens is 1. The Balaban J connectivity index is 2.07. The lowest BCUT2D eigenvalue weighted by molar-refractivity contribution is 0.0976. The highest BCUT2D eigenvalue weighted by Crippen LogP contribution is 2.38. The largest absolute Gasteiger partial charge is 0.293 e. The summed E-state index contributed by atoms with van der Waals surface area (Å²) in [5.74, 6) is 0.266. The summed E-state index contributed by atoms with van der Waals surface area (Å²) in [6.45, 7) is 2.08. The van der Waals surface area contributed by atoms with Gasteiger partial charge in [-0.3, -0.25) is 4.79 Å². The average Bonchev–Trinajstić information content (AvgIpc) is 2.85. The summed E-state index contributed by atoms with van der Waals surface area (Å²) < 4.78 is 1.12. The fourth-order valence-corrected chi connectivity index (χ4v) is 4.60. The normalized spacial score (nSPS) is 15.1. The van der Waals surface area contributed by atoms with Crippen LogP contribution in [0.1, 0.15) is 33.1 Å². The molecule has 0 saturated carbocycles. The maximum absolute atomic E-state index is 11.8. The monoisotopic (exact) mass is 327 g/mol. The van der Waals surface area contributed by atoms with E-state index in [1.54, 1.807) is 22.7 Å². The predicted molar refractivity (Wildman–Crippen MR) is 75.1 cm³/mol. The molecule has 1 aliphatic rings. The van der Waals surface area contributed by atoms with E-state index in [9.17, 15) is 4.79 Å². The topological polar surface area (TPSA) is 30.0 Å². The molecule has 0 aliphatic heterocycles. The van der Waals surface area contributed by atoms with E-state index in [-0.39, 0.29) is 5.78 Å². The summed E-state index contributed by atoms with van der Waals surface area (Å²) in [6, 6.07) is 2.09. The van der Waals surface area contributed by atoms with Gasteiger partial charge in [0, 0.05) is 15.8 Å². The number of thiazole rings is 1. The van der Waals surface area contributed by atoms with Gasteiger partial charge in [0.05, 0.1) is 15.4 Å². The lowest BCUT2D eigenvalue weighted by atomic mass is 10.0. The fourth-order valence-electron chi connectivity index (χ4n) is 1.94. The van der Waals surface area contributed by atoms with E-state index in [1.807, 2.05) is 0 Å². The van der Waals surface area contributed by atoms with Gasteiger partial charge in [-0.15, -0.1) is 22.7 Å². The smallest absolute Gasteiger partial charge is 0.174 e. The van der Waals surface area contributed by atoms with Crippen molar-refractivity contribution in [3.63, 3.8) is 0 Å². The van der Waals surface area contributed by atoms with Gasteiger partial charge >= 0.3 is 0 Å². The summed E-state index contributed by atoms with van der Waals surface area (Å²) in [7, 11) is 0. The predicted octanol–water partition coefficient (Wildman–Crippen LogP) is 4.46. The minimum absolute atomic E-state index is 0.266. The van der Waals surface area contributed by atoms with E-state index in [4.69, 9.17) is 0 Å². The zero-order chi connectivity index (χ0) is 12.0. The van der Waals surface area contributed by atoms with Crippen LogP contribution in [0.15, 0.2) is 10.5 Å². The molecule has 1 aliphatic carbocycles. The van der Waals surface area contributed by atoms with Crippen molar-refractivity contribution in [3.8, 4) is 9.88 Å². The first-order valence-electron chi connectivity index (χ1n) is 5.44. The lowest BCUT2D eigenvalue weighted by Gasteiger charge is -2.06. The molecule has 0 spiro atoms. The molecule has 0 amide bonds. The summed E-state index contributed by atoms with van der Waals surface area (Å²) in [6.07, 6.45) is 2.58. The van der Waals surface area contributed by atoms with E-state index in [1.165, 1.54) is 4.88 Å². The van der Waals surface area contributed by atoms with E-state index in [2.05, 4.69) is 33.9 Å². The molecule has 0 aromatic carbocycles. The van der Waals surface area contributed by atoms with Crippen LogP contribution >= 0.6 is 38.6 Å². The minimum atomic E-state index is 0.266. The number of hydrogen-bond donors (Lipinski definition) is 0. The minimum Gasteiger partial charge on any atom is -0.293 e. The second-order valence-corrected chi connectivity index (χ2v) is 7.20. The van der Waals surface area contributed by atoms with Gasteiger partial charge in [-0.1, -0.05) is 0 Å². The molecule has 0 radical (unpaired) electrons. The third-order valence-corrected chi connectivity index (χ3v) is 6.28. The molecule has 0 fully saturated rings. The van der Waals surface area contributed by atoms with Crippen LogP contribution in [0.5, 0.6) is 0 Å². The number of thiophene rings is 1. The fraction of sp³-hybridized carbons (Fsp3) is 0.333. The zero-order valence-electron chi connectivity index (χ0n) is 9.25. The van der Waals surface area contributed by atoms with Crippen molar-refractivity contribution >= 4 is 44.4 Å². The Morgan fingerprint density at radius 2 is 2.18 bits per heavy atom. The van der Waals surface area contributed by atoms with Gasteiger partial charge in [-0.25, -0.2) is 4.98 Å². The molecule has 2 nitrogen and oxygen atoms in total. The molecular weight excluding hydrogens is 318 g/mol. The maximum Gasteiger partial charge on any atom is 0.174 e. The number of carbonyl (C=O) groups is 1. The zero-order valence-corrected chi connectivity index (χ0v) is 12.5. The van der Waals surface area contributed by atoms with Crippen molar-refractivity contribution in [2.24, 2.45) is 0 Å². The summed E-state index contributed by atoms with van der Waals surface area (Å²) >= 11 is 6.79. The first-order valence-corrected chi connectivity index (χ1v) is 7.87. The molecule has 88 valence electrons. The van der Waals surface area contributed by atoms with E-state index in [0.717, 1.165) is 37.8 Å². The van der Waals surface area contributed by atoms with Gasteiger partial charge in [0.15, 0.2) is 5.78 Å². The van der Waals surface area contributed by atoms with Gasteiger partial charge in [0.2, 0.25) is 0 Å². The van der Waals surface area contributed by atoms with Crippen molar-refractivity contribution in [1.82, 2.24) is 4.98 Å². The highest BCUT2D eigenvalue weighted by atomic mass is 79.9. The molecule has 0 bridgehead atoms. The second kappa shape index (κ2) is 4.30. The summed E-state index contributed by atoms with van der Waals surface area (Å²) in [4.78, 5) is 19.7. The van der Waals surface area contributed by atoms with Crippen LogP contribution in [0.3, 0.4) is 0 Å². The van der Waals surface area contributed by atoms with E-state index >= 15 is 0 Å². The number of rotatable bonds is 1. The highest BCUT2D eigenvalue weighted by molar-refractivity contribution is 9.10. The first-order chi connectivity index (χ1) is 8.15. The van der Waals surface area contributed by atoms with Crippen molar-refractivity contribution < 1.29 is 4.79 Å². The van der Waals surface area contributed by atoms with Crippen molar-refractivity contribution in [2.45, 2.75) is 26.2 Å². The van der Waals surface area contributed by atoms with Crippen molar-refractivity contribution in [2.75, 3.05) is 0 Å². The molecule has 0 N–H and O–H groups in total. The highest BCUT2D eigenvalue weighted by Gasteiger charge is 2.23. The molecule has 5 heteroatoms. The number of hydrogen-bond acceptors (Lipinski definition) is 4. The molecule has 0 atom stereocenters. The molecule has 3 rings (SSSR count). The first kappa shape index (κ1) is 11.6. The molecule has 2 aromatic heterocycles. The number of ketones is 1. The van der Waals surface area contributed by atoms with Crippen LogP contribution in [0.2, 0.25) is 0 Å². The molecule has 2 aromatic rings. The molecule has 0 unspecified atom stereocenters. The SMILES string of the molecule is Cc1sc(-c2nc3c(s2)C(=O)CCC3)cc1Br. The van der Waals surface area contributed by atoms with Crippen LogP contribution in [-0.2, 0) is 6.42 Å². The summed E-state index contributed by atoms with van der Waals surface area (Å²) in [5.41, 5.74) is 1.00. The Bertz CT molecular complexity index is 580. The van der Waals surface area contributed by atoms with E-state index < -0.39 is 0 Å². The lowest BCUT2D eigenvalue weighted by Crippen LogP contribution is -2.07. The Kier molecular flexibility index (Phi) is 2.92. The number of Topliss-reactive ketones (excluding diaryl/α,β-unsaturated/α-hetero) is 1. The average molecular weight is 328 g/mol. The number of nitrogens with zero attached hydrogens (tertiary/aromatic N) is 1. The van der Waals surface area contributed by atoms with Crippen LogP contribution in [-0.4, -0.2) is 10.8 Å². The molecule has 2 heterocycles. The third-order valence-electron chi connectivity index (χ3n) is 2.84. The van der Waals surface area contributed by atoms with Gasteiger partial charge < -0.3 is 0 Å². The van der Waals surface area contributed by atoms with Gasteiger partial charge in [0.1, 0.15) is 5.01 Å². The van der Waals surface area contributed by atoms with Crippen molar-refractivity contribution in [3.05, 3.63) is 26.0 Å². The molecule has 17 heavy (non-hydrogen) atoms. The molecular formula is C12H10BrNOS2. The van der Waals surface area contributed by atoms with Gasteiger partial charge in [0.25, 0.3) is 0 Å². The number of fused-ring (bicyclic) bond motifs is 1. The van der Waals surface area contributed by atoms with Crippen LogP contribution in [0.25, 0.3) is 9.88 Å². The Morgan fingerprint density at radius 3 is 2.82 bits per heavy atom. The number of halogens is 1. The van der Waals surface area contributed by atoms with Crippen molar-refractivity contribution in [1.29, 1.82) is 0 Å². The molecule has 0 saturated heterocycles. The third kappa shape index (κ3) is 2.00. The Hall–Kier alpha value is -0.520. The number of carbonyl (C=O) groups excluding carboxylic acids is 1.